The third-order valence-electron chi connectivity index (χ3n) is 3.03. The zero-order chi connectivity index (χ0) is 14.7. The molecular weight excluding hydrogens is 279 g/mol. The van der Waals surface area contributed by atoms with Crippen LogP contribution in [0, 0.1) is 5.82 Å². The van der Waals surface area contributed by atoms with Crippen LogP contribution in [-0.4, -0.2) is 35.6 Å². The molecule has 0 atom stereocenters. The number of carbonyl (C=O) groups excluding carboxylic acids is 1. The summed E-state index contributed by atoms with van der Waals surface area (Å²) in [7, 11) is 0. The maximum absolute atomic E-state index is 13.2. The lowest BCUT2D eigenvalue weighted by Crippen LogP contribution is -2.34. The SMILES string of the molecule is CCCN(CCO)C(=O)c1sc2ccc(F)cc2c1N. The minimum atomic E-state index is -0.373. The molecule has 4 nitrogen and oxygen atoms in total. The Hall–Kier alpha value is -1.66. The number of amides is 1. The second-order valence-electron chi connectivity index (χ2n) is 4.50. The summed E-state index contributed by atoms with van der Waals surface area (Å²) in [4.78, 5) is 14.4. The van der Waals surface area contributed by atoms with Crippen LogP contribution in [-0.2, 0) is 0 Å². The summed E-state index contributed by atoms with van der Waals surface area (Å²) in [6.45, 7) is 2.70. The van der Waals surface area contributed by atoms with Gasteiger partial charge in [0.05, 0.1) is 12.3 Å². The number of hydrogen-bond donors (Lipinski definition) is 2. The molecule has 0 aliphatic heterocycles. The molecule has 0 radical (unpaired) electrons. The second-order valence-corrected chi connectivity index (χ2v) is 5.55. The van der Waals surface area contributed by atoms with Crippen molar-refractivity contribution in [3.8, 4) is 0 Å². The molecule has 0 saturated heterocycles. The van der Waals surface area contributed by atoms with E-state index in [1.165, 1.54) is 23.5 Å². The monoisotopic (exact) mass is 296 g/mol. The third-order valence-corrected chi connectivity index (χ3v) is 4.21. The highest BCUT2D eigenvalue weighted by Gasteiger charge is 2.21. The quantitative estimate of drug-likeness (QED) is 0.890. The van der Waals surface area contributed by atoms with E-state index in [2.05, 4.69) is 0 Å². The Morgan fingerprint density at radius 1 is 1.45 bits per heavy atom. The number of aliphatic hydroxyl groups is 1. The number of hydrogen-bond acceptors (Lipinski definition) is 4. The van der Waals surface area contributed by atoms with E-state index in [0.717, 1.165) is 11.1 Å². The number of rotatable bonds is 5. The standard InChI is InChI=1S/C14H17FN2O2S/c1-2-5-17(6-7-18)14(19)13-12(16)10-8-9(15)3-4-11(10)20-13/h3-4,8,18H,2,5-7,16H2,1H3. The van der Waals surface area contributed by atoms with E-state index >= 15 is 0 Å². The average Bonchev–Trinajstić information content (AvgIpc) is 2.75. The zero-order valence-corrected chi connectivity index (χ0v) is 12.0. The summed E-state index contributed by atoms with van der Waals surface area (Å²) in [6, 6.07) is 4.32. The predicted octanol–water partition coefficient (Wildman–Crippen LogP) is 2.47. The number of nitrogens with two attached hydrogens (primary N) is 1. The second kappa shape index (κ2) is 6.19. The van der Waals surface area contributed by atoms with Gasteiger partial charge in [0.1, 0.15) is 10.7 Å². The first-order chi connectivity index (χ1) is 9.58. The average molecular weight is 296 g/mol. The van der Waals surface area contributed by atoms with Crippen LogP contribution >= 0.6 is 11.3 Å². The molecule has 1 amide bonds. The minimum Gasteiger partial charge on any atom is -0.397 e. The Kier molecular flexibility index (Phi) is 4.57. The molecule has 1 heterocycles. The van der Waals surface area contributed by atoms with Crippen LogP contribution in [0.1, 0.15) is 23.0 Å². The first-order valence-corrected chi connectivity index (χ1v) is 7.27. The van der Waals surface area contributed by atoms with Crippen molar-refractivity contribution in [3.63, 3.8) is 0 Å². The van der Waals surface area contributed by atoms with E-state index in [1.807, 2.05) is 6.92 Å². The fourth-order valence-corrected chi connectivity index (χ4v) is 3.17. The van der Waals surface area contributed by atoms with Gasteiger partial charge in [0.2, 0.25) is 0 Å². The van der Waals surface area contributed by atoms with Gasteiger partial charge in [0, 0.05) is 23.2 Å². The number of carbonyl (C=O) groups is 1. The van der Waals surface area contributed by atoms with Gasteiger partial charge in [0.25, 0.3) is 5.91 Å². The molecule has 1 aromatic heterocycles. The van der Waals surface area contributed by atoms with Gasteiger partial charge in [-0.2, -0.15) is 0 Å². The van der Waals surface area contributed by atoms with E-state index < -0.39 is 0 Å². The van der Waals surface area contributed by atoms with Gasteiger partial charge in [-0.3, -0.25) is 4.79 Å². The fraction of sp³-hybridized carbons (Fsp3) is 0.357. The maximum Gasteiger partial charge on any atom is 0.266 e. The normalized spacial score (nSPS) is 10.9. The molecule has 3 N–H and O–H groups in total. The number of halogens is 1. The number of aliphatic hydroxyl groups excluding tert-OH is 1. The Labute approximate surface area is 120 Å². The van der Waals surface area contributed by atoms with E-state index in [0.29, 0.717) is 22.5 Å². The van der Waals surface area contributed by atoms with E-state index in [-0.39, 0.29) is 24.9 Å². The van der Waals surface area contributed by atoms with Crippen LogP contribution in [0.15, 0.2) is 18.2 Å². The Morgan fingerprint density at radius 3 is 2.85 bits per heavy atom. The number of benzene rings is 1. The molecule has 20 heavy (non-hydrogen) atoms. The van der Waals surface area contributed by atoms with Crippen molar-refractivity contribution >= 4 is 33.0 Å². The van der Waals surface area contributed by atoms with Crippen molar-refractivity contribution in [2.24, 2.45) is 0 Å². The molecule has 108 valence electrons. The third kappa shape index (κ3) is 2.76. The molecular formula is C14H17FN2O2S. The molecule has 0 aliphatic carbocycles. The van der Waals surface area contributed by atoms with E-state index in [9.17, 15) is 9.18 Å². The Bertz CT molecular complexity index is 621. The largest absolute Gasteiger partial charge is 0.397 e. The number of thiophene rings is 1. The zero-order valence-electron chi connectivity index (χ0n) is 11.2. The molecule has 2 rings (SSSR count). The first kappa shape index (κ1) is 14.7. The first-order valence-electron chi connectivity index (χ1n) is 6.46. The van der Waals surface area contributed by atoms with Crippen molar-refractivity contribution in [2.45, 2.75) is 13.3 Å². The lowest BCUT2D eigenvalue weighted by Gasteiger charge is -2.20. The molecule has 6 heteroatoms. The molecule has 1 aromatic carbocycles. The summed E-state index contributed by atoms with van der Waals surface area (Å²) in [6.07, 6.45) is 0.797. The van der Waals surface area contributed by atoms with Gasteiger partial charge >= 0.3 is 0 Å². The van der Waals surface area contributed by atoms with Crippen LogP contribution in [0.25, 0.3) is 10.1 Å². The lowest BCUT2D eigenvalue weighted by molar-refractivity contribution is 0.0728. The van der Waals surface area contributed by atoms with Gasteiger partial charge < -0.3 is 15.7 Å². The molecule has 0 aliphatic rings. The predicted molar refractivity (Wildman–Crippen MR) is 79.5 cm³/mol. The van der Waals surface area contributed by atoms with Crippen molar-refractivity contribution < 1.29 is 14.3 Å². The van der Waals surface area contributed by atoms with E-state index in [4.69, 9.17) is 10.8 Å². The number of anilines is 1. The lowest BCUT2D eigenvalue weighted by atomic mass is 10.2. The highest BCUT2D eigenvalue weighted by Crippen LogP contribution is 2.34. The fourth-order valence-electron chi connectivity index (χ4n) is 2.10. The Morgan fingerprint density at radius 2 is 2.20 bits per heavy atom. The van der Waals surface area contributed by atoms with Gasteiger partial charge in [-0.25, -0.2) is 4.39 Å². The van der Waals surface area contributed by atoms with E-state index in [1.54, 1.807) is 11.0 Å². The number of nitrogens with zero attached hydrogens (tertiary/aromatic N) is 1. The molecule has 0 bridgehead atoms. The molecule has 2 aromatic rings. The molecule has 0 fully saturated rings. The smallest absolute Gasteiger partial charge is 0.266 e. The van der Waals surface area contributed by atoms with Crippen molar-refractivity contribution in [1.29, 1.82) is 0 Å². The van der Waals surface area contributed by atoms with Crippen molar-refractivity contribution in [1.82, 2.24) is 4.90 Å². The van der Waals surface area contributed by atoms with Crippen molar-refractivity contribution in [2.75, 3.05) is 25.4 Å². The molecule has 0 saturated carbocycles. The van der Waals surface area contributed by atoms with Gasteiger partial charge in [0.15, 0.2) is 0 Å². The Balaban J connectivity index is 2.40. The van der Waals surface area contributed by atoms with Crippen LogP contribution in [0.5, 0.6) is 0 Å². The number of fused-ring (bicyclic) bond motifs is 1. The van der Waals surface area contributed by atoms with Crippen LogP contribution in [0.2, 0.25) is 0 Å². The van der Waals surface area contributed by atoms with Crippen LogP contribution in [0.4, 0.5) is 10.1 Å². The highest BCUT2D eigenvalue weighted by molar-refractivity contribution is 7.21. The van der Waals surface area contributed by atoms with Crippen LogP contribution < -0.4 is 5.73 Å². The number of nitrogen functional groups attached to an aromatic ring is 1. The van der Waals surface area contributed by atoms with Gasteiger partial charge in [-0.05, 0) is 24.6 Å². The van der Waals surface area contributed by atoms with Gasteiger partial charge in [-0.1, -0.05) is 6.92 Å². The highest BCUT2D eigenvalue weighted by atomic mass is 32.1. The summed E-state index contributed by atoms with van der Waals surface area (Å²) in [5, 5.41) is 9.60. The summed E-state index contributed by atoms with van der Waals surface area (Å²) in [5.74, 6) is -0.582. The summed E-state index contributed by atoms with van der Waals surface area (Å²) in [5.41, 5.74) is 6.29. The summed E-state index contributed by atoms with van der Waals surface area (Å²) >= 11 is 1.26. The summed E-state index contributed by atoms with van der Waals surface area (Å²) < 4.78 is 14.0. The minimum absolute atomic E-state index is 0.0921. The molecule has 0 unspecified atom stereocenters. The molecule has 0 spiro atoms. The van der Waals surface area contributed by atoms with Gasteiger partial charge in [-0.15, -0.1) is 11.3 Å². The van der Waals surface area contributed by atoms with Crippen LogP contribution in [0.3, 0.4) is 0 Å². The topological polar surface area (TPSA) is 66.6 Å². The van der Waals surface area contributed by atoms with Crippen molar-refractivity contribution in [3.05, 3.63) is 28.9 Å². The maximum atomic E-state index is 13.2.